The third kappa shape index (κ3) is 18.1. The van der Waals surface area contributed by atoms with Gasteiger partial charge in [0.15, 0.2) is 0 Å². The van der Waals surface area contributed by atoms with Crippen molar-refractivity contribution >= 4 is 32.2 Å². The van der Waals surface area contributed by atoms with Crippen molar-refractivity contribution < 1.29 is 45.7 Å². The molecule has 0 rings (SSSR count). The molecule has 0 aliphatic carbocycles. The van der Waals surface area contributed by atoms with Crippen molar-refractivity contribution in [3.8, 4) is 0 Å². The largest absolute Gasteiger partial charge is 0.481 e. The van der Waals surface area contributed by atoms with Crippen LogP contribution < -0.4 is 0 Å². The molecule has 0 spiro atoms. The Morgan fingerprint density at radius 3 is 1.21 bits per heavy atom. The molecular formula is C16H32O10S2. The first-order valence-corrected chi connectivity index (χ1v) is 12.2. The Morgan fingerprint density at radius 1 is 0.679 bits per heavy atom. The van der Waals surface area contributed by atoms with E-state index in [1.54, 1.807) is 0 Å². The first-order chi connectivity index (χ1) is 12.8. The molecule has 0 radical (unpaired) electrons. The summed E-state index contributed by atoms with van der Waals surface area (Å²) in [5.74, 6) is -3.03. The second-order valence-electron chi connectivity index (χ2n) is 6.38. The number of carbonyl (C=O) groups is 2. The predicted octanol–water partition coefficient (Wildman–Crippen LogP) is 2.94. The standard InChI is InChI=1S/C14H28O2.C2H4O8S2/c1-2-3-4-5-6-7-8-9-10-11-12-13-14(15)16;3-1(4)2(11(5,6)7)12(8,9)10/h2-13H2,1H3,(H,15,16);2H,(H,3,4)(H,5,6,7)(H,8,9,10). The van der Waals surface area contributed by atoms with E-state index in [0.717, 1.165) is 12.8 Å². The zero-order valence-electron chi connectivity index (χ0n) is 16.1. The molecule has 0 heterocycles. The molecule has 168 valence electrons. The summed E-state index contributed by atoms with van der Waals surface area (Å²) in [6.07, 6.45) is 14.4. The lowest BCUT2D eigenvalue weighted by molar-refractivity contribution is -0.137. The van der Waals surface area contributed by atoms with Crippen LogP contribution in [0, 0.1) is 0 Å². The molecule has 0 atom stereocenters. The van der Waals surface area contributed by atoms with E-state index in [2.05, 4.69) is 6.92 Å². The number of unbranched alkanes of at least 4 members (excludes halogenated alkanes) is 10. The second kappa shape index (κ2) is 15.7. The van der Waals surface area contributed by atoms with Crippen molar-refractivity contribution in [3.63, 3.8) is 0 Å². The highest BCUT2D eigenvalue weighted by Crippen LogP contribution is 2.11. The van der Waals surface area contributed by atoms with Crippen LogP contribution in [0.25, 0.3) is 0 Å². The van der Waals surface area contributed by atoms with Gasteiger partial charge in [0.2, 0.25) is 0 Å². The summed E-state index contributed by atoms with van der Waals surface area (Å²) in [7, 11) is -10.7. The summed E-state index contributed by atoms with van der Waals surface area (Å²) < 4.78 is 53.0. The fourth-order valence-corrected chi connectivity index (χ4v) is 4.09. The van der Waals surface area contributed by atoms with Crippen molar-refractivity contribution in [2.75, 3.05) is 0 Å². The Morgan fingerprint density at radius 2 is 1.00 bits per heavy atom. The Bertz CT molecular complexity index is 608. The highest BCUT2D eigenvalue weighted by Gasteiger charge is 2.42. The minimum Gasteiger partial charge on any atom is -0.481 e. The van der Waals surface area contributed by atoms with Crippen molar-refractivity contribution in [1.82, 2.24) is 0 Å². The molecule has 0 fully saturated rings. The van der Waals surface area contributed by atoms with Crippen molar-refractivity contribution in [1.29, 1.82) is 0 Å². The zero-order valence-corrected chi connectivity index (χ0v) is 17.8. The molecule has 0 aromatic heterocycles. The highest BCUT2D eigenvalue weighted by atomic mass is 32.3. The van der Waals surface area contributed by atoms with Crippen LogP contribution in [0.5, 0.6) is 0 Å². The van der Waals surface area contributed by atoms with Crippen LogP contribution >= 0.6 is 0 Å². The van der Waals surface area contributed by atoms with Crippen LogP contribution in [0.2, 0.25) is 0 Å². The number of aliphatic carboxylic acids is 2. The van der Waals surface area contributed by atoms with Crippen LogP contribution in [0.1, 0.15) is 84.0 Å². The van der Waals surface area contributed by atoms with Crippen molar-refractivity contribution in [2.24, 2.45) is 0 Å². The maximum Gasteiger partial charge on any atom is 0.342 e. The minimum absolute atomic E-state index is 0.344. The summed E-state index contributed by atoms with van der Waals surface area (Å²) in [5, 5.41) is 16.4. The van der Waals surface area contributed by atoms with Crippen molar-refractivity contribution in [3.05, 3.63) is 0 Å². The van der Waals surface area contributed by atoms with Gasteiger partial charge in [-0.25, -0.2) is 4.79 Å². The van der Waals surface area contributed by atoms with Gasteiger partial charge in [-0.2, -0.15) is 16.8 Å². The number of hydrogen-bond acceptors (Lipinski definition) is 6. The molecule has 0 saturated carbocycles. The summed E-state index contributed by atoms with van der Waals surface area (Å²) in [4.78, 5) is 20.2. The summed E-state index contributed by atoms with van der Waals surface area (Å²) in [6.45, 7) is 2.25. The lowest BCUT2D eigenvalue weighted by Gasteiger charge is -2.03. The molecule has 0 unspecified atom stereocenters. The fourth-order valence-electron chi connectivity index (χ4n) is 2.35. The first-order valence-electron chi connectivity index (χ1n) is 9.21. The Labute approximate surface area is 166 Å². The maximum atomic E-state index is 10.3. The summed E-state index contributed by atoms with van der Waals surface area (Å²) in [5.41, 5.74) is 0. The van der Waals surface area contributed by atoms with Crippen LogP contribution in [0.3, 0.4) is 0 Å². The van der Waals surface area contributed by atoms with Gasteiger partial charge in [0, 0.05) is 6.42 Å². The monoisotopic (exact) mass is 448 g/mol. The van der Waals surface area contributed by atoms with Gasteiger partial charge in [0.1, 0.15) is 0 Å². The smallest absolute Gasteiger partial charge is 0.342 e. The summed E-state index contributed by atoms with van der Waals surface area (Å²) in [6, 6.07) is 0. The van der Waals surface area contributed by atoms with Gasteiger partial charge in [-0.15, -0.1) is 0 Å². The van der Waals surface area contributed by atoms with E-state index in [1.165, 1.54) is 57.8 Å². The van der Waals surface area contributed by atoms with Gasteiger partial charge >= 0.3 is 16.5 Å². The fraction of sp³-hybridized carbons (Fsp3) is 0.875. The number of carboxylic acid groups (broad SMARTS) is 2. The van der Waals surface area contributed by atoms with Crippen LogP contribution in [0.4, 0.5) is 0 Å². The van der Waals surface area contributed by atoms with Crippen molar-refractivity contribution in [2.45, 2.75) is 88.6 Å². The average molecular weight is 449 g/mol. The minimum atomic E-state index is -5.36. The normalized spacial score (nSPS) is 11.7. The quantitative estimate of drug-likeness (QED) is 0.214. The molecule has 0 aliphatic heterocycles. The molecule has 0 aromatic carbocycles. The Hall–Kier alpha value is -1.24. The van der Waals surface area contributed by atoms with E-state index in [9.17, 15) is 26.4 Å². The number of rotatable bonds is 15. The van der Waals surface area contributed by atoms with Gasteiger partial charge in [0.05, 0.1) is 0 Å². The molecule has 12 heteroatoms. The third-order valence-corrected chi connectivity index (χ3v) is 6.68. The lowest BCUT2D eigenvalue weighted by Crippen LogP contribution is -2.37. The zero-order chi connectivity index (χ0) is 22.2. The van der Waals surface area contributed by atoms with Crippen LogP contribution in [0.15, 0.2) is 0 Å². The summed E-state index contributed by atoms with van der Waals surface area (Å²) >= 11 is 0. The molecule has 4 N–H and O–H groups in total. The maximum absolute atomic E-state index is 10.3. The van der Waals surface area contributed by atoms with Crippen LogP contribution in [-0.2, 0) is 29.8 Å². The van der Waals surface area contributed by atoms with Gasteiger partial charge in [-0.05, 0) is 6.42 Å². The van der Waals surface area contributed by atoms with Gasteiger partial charge in [-0.1, -0.05) is 71.1 Å². The molecule has 28 heavy (non-hydrogen) atoms. The molecule has 0 saturated heterocycles. The van der Waals surface area contributed by atoms with Gasteiger partial charge < -0.3 is 10.2 Å². The van der Waals surface area contributed by atoms with E-state index in [0.29, 0.717) is 6.42 Å². The van der Waals surface area contributed by atoms with Crippen LogP contribution in [-0.4, -0.2) is 52.7 Å². The Kier molecular flexibility index (Phi) is 16.2. The van der Waals surface area contributed by atoms with E-state index < -0.39 is 36.8 Å². The van der Waals surface area contributed by atoms with E-state index in [1.807, 2.05) is 0 Å². The van der Waals surface area contributed by atoms with E-state index >= 15 is 0 Å². The molecule has 0 bridgehead atoms. The third-order valence-electron chi connectivity index (χ3n) is 3.74. The highest BCUT2D eigenvalue weighted by molar-refractivity contribution is 8.05. The Balaban J connectivity index is 0. The average Bonchev–Trinajstić information content (AvgIpc) is 2.49. The molecular weight excluding hydrogens is 416 g/mol. The lowest BCUT2D eigenvalue weighted by atomic mass is 10.1. The molecule has 0 amide bonds. The topological polar surface area (TPSA) is 183 Å². The molecule has 0 aliphatic rings. The number of hydrogen-bond donors (Lipinski definition) is 4. The second-order valence-corrected chi connectivity index (χ2v) is 9.68. The predicted molar refractivity (Wildman–Crippen MR) is 103 cm³/mol. The van der Waals surface area contributed by atoms with E-state index in [-0.39, 0.29) is 0 Å². The SMILES string of the molecule is CCCCCCCCCCCCCC(=O)O.O=C(O)C(S(=O)(=O)O)S(=O)(=O)O. The molecule has 0 aromatic rings. The number of carboxylic acids is 2. The van der Waals surface area contributed by atoms with E-state index in [4.69, 9.17) is 19.3 Å². The first kappa shape index (κ1) is 29.0. The van der Waals surface area contributed by atoms with Gasteiger partial charge in [-0.3, -0.25) is 13.9 Å². The molecule has 10 nitrogen and oxygen atoms in total. The van der Waals surface area contributed by atoms with Gasteiger partial charge in [0.25, 0.3) is 20.2 Å².